The van der Waals surface area contributed by atoms with Crippen LogP contribution in [0.5, 0.6) is 0 Å². The van der Waals surface area contributed by atoms with Crippen LogP contribution in [-0.4, -0.2) is 0 Å². The van der Waals surface area contributed by atoms with Crippen molar-refractivity contribution in [3.63, 3.8) is 0 Å². The van der Waals surface area contributed by atoms with E-state index in [9.17, 15) is 0 Å². The van der Waals surface area contributed by atoms with Crippen LogP contribution in [0.1, 0.15) is 86.5 Å². The van der Waals surface area contributed by atoms with Crippen molar-refractivity contribution >= 4 is 17.1 Å². The highest BCUT2D eigenvalue weighted by molar-refractivity contribution is 5.98. The molecule has 0 amide bonds. The fourth-order valence-electron chi connectivity index (χ4n) is 17.5. The molecule has 17 rings (SSSR count). The molecule has 10 aliphatic rings. The summed E-state index contributed by atoms with van der Waals surface area (Å²) in [6, 6.07) is 64.2. The molecule has 8 saturated carbocycles. The topological polar surface area (TPSA) is 3.24 Å². The molecule has 8 fully saturated rings. The van der Waals surface area contributed by atoms with E-state index in [0.717, 1.165) is 47.3 Å². The molecule has 0 aliphatic heterocycles. The summed E-state index contributed by atoms with van der Waals surface area (Å²) in [6.45, 7) is 0. The predicted molar refractivity (Wildman–Crippen MR) is 259 cm³/mol. The summed E-state index contributed by atoms with van der Waals surface area (Å²) in [5.74, 6) is 6.56. The van der Waals surface area contributed by atoms with Crippen LogP contribution < -0.4 is 4.90 Å². The van der Waals surface area contributed by atoms with Gasteiger partial charge < -0.3 is 4.90 Å². The molecule has 0 unspecified atom stereocenters. The van der Waals surface area contributed by atoms with Gasteiger partial charge in [0.1, 0.15) is 0 Å². The normalized spacial score (nSPS) is 31.6. The molecule has 1 heteroatoms. The number of fused-ring (bicyclic) bond motifs is 6. The van der Waals surface area contributed by atoms with Gasteiger partial charge in [-0.05, 0) is 203 Å². The zero-order valence-electron chi connectivity index (χ0n) is 36.2. The minimum Gasteiger partial charge on any atom is -0.310 e. The molecule has 7 aromatic rings. The molecule has 10 aliphatic carbocycles. The lowest BCUT2D eigenvalue weighted by molar-refractivity contribution is -0.0399. The Kier molecular flexibility index (Phi) is 7.36. The lowest BCUT2D eigenvalue weighted by Gasteiger charge is -2.61. The second-order valence-corrected chi connectivity index (χ2v) is 21.7. The molecule has 0 saturated heterocycles. The van der Waals surface area contributed by atoms with E-state index in [4.69, 9.17) is 0 Å². The van der Waals surface area contributed by atoms with E-state index in [2.05, 4.69) is 169 Å². The molecule has 8 bridgehead atoms. The first-order chi connectivity index (χ1) is 31.2. The van der Waals surface area contributed by atoms with Gasteiger partial charge in [0.25, 0.3) is 0 Å². The number of nitrogens with zero attached hydrogens (tertiary/aromatic N) is 1. The van der Waals surface area contributed by atoms with Gasteiger partial charge in [-0.15, -0.1) is 0 Å². The lowest BCUT2D eigenvalue weighted by atomic mass is 9.43. The molecule has 0 atom stereocenters. The Morgan fingerprint density at radius 3 is 1.37 bits per heavy atom. The smallest absolute Gasteiger partial charge is 0.0543 e. The molecule has 0 N–H and O–H groups in total. The number of hydrogen-bond acceptors (Lipinski definition) is 1. The molecule has 308 valence electrons. The van der Waals surface area contributed by atoms with Gasteiger partial charge >= 0.3 is 0 Å². The van der Waals surface area contributed by atoms with E-state index in [-0.39, 0.29) is 10.8 Å². The summed E-state index contributed by atoms with van der Waals surface area (Å²) in [5.41, 5.74) is 21.6. The van der Waals surface area contributed by atoms with Gasteiger partial charge in [-0.2, -0.15) is 0 Å². The van der Waals surface area contributed by atoms with E-state index in [0.29, 0.717) is 0 Å². The Morgan fingerprint density at radius 2 is 0.762 bits per heavy atom. The zero-order valence-corrected chi connectivity index (χ0v) is 36.2. The first kappa shape index (κ1) is 35.8. The molecule has 1 nitrogen and oxygen atoms in total. The molecule has 0 aromatic heterocycles. The van der Waals surface area contributed by atoms with E-state index in [1.165, 1.54) is 126 Å². The van der Waals surface area contributed by atoms with Crippen molar-refractivity contribution < 1.29 is 0 Å². The first-order valence-electron chi connectivity index (χ1n) is 24.7. The average Bonchev–Trinajstić information content (AvgIpc) is 3.79. The maximum Gasteiger partial charge on any atom is 0.0543 e. The monoisotopic (exact) mass is 813 g/mol. The molecule has 63 heavy (non-hydrogen) atoms. The SMILES string of the molecule is c1ccc(-c2ccc(N(c3ccc4c(c3)C3(c5ccccc5-4)C4CC5CC(C4)CC3C5)c3cccc4c3-c3ccccc3C43C4CC5CC(C4)CC3C5)cc2-c2ccccc2)cc1. The van der Waals surface area contributed by atoms with Crippen molar-refractivity contribution in [2.24, 2.45) is 47.3 Å². The van der Waals surface area contributed by atoms with Crippen molar-refractivity contribution in [2.75, 3.05) is 4.90 Å². The highest BCUT2D eigenvalue weighted by atomic mass is 15.1. The third-order valence-electron chi connectivity index (χ3n) is 19.0. The quantitative estimate of drug-likeness (QED) is 0.167. The second-order valence-electron chi connectivity index (χ2n) is 21.7. The van der Waals surface area contributed by atoms with E-state index in [1.54, 1.807) is 22.3 Å². The standard InChI is InChI=1S/C62H55N/c1-3-12-42(13-4-1)50-24-22-48(36-54(50)43-14-5-2-6-15-43)63(49-23-25-52-51-16-7-9-18-55(51)62(58(52)37-49)46-32-40-27-41(34-46)35-47(62)33-40)59-21-11-20-57-60(59)53-17-8-10-19-56(53)61(57)44-28-38-26-39(30-44)31-45(61)29-38/h1-25,36-41,44-47H,26-35H2. The van der Waals surface area contributed by atoms with Gasteiger partial charge in [0.05, 0.1) is 5.69 Å². The second kappa shape index (κ2) is 13.0. The van der Waals surface area contributed by atoms with Crippen LogP contribution in [-0.2, 0) is 10.8 Å². The van der Waals surface area contributed by atoms with E-state index < -0.39 is 0 Å². The van der Waals surface area contributed by atoms with Gasteiger partial charge in [0.15, 0.2) is 0 Å². The van der Waals surface area contributed by atoms with Crippen LogP contribution in [0.25, 0.3) is 44.5 Å². The molecule has 0 radical (unpaired) electrons. The van der Waals surface area contributed by atoms with Crippen LogP contribution in [0, 0.1) is 47.3 Å². The number of benzene rings is 7. The maximum atomic E-state index is 2.73. The van der Waals surface area contributed by atoms with Gasteiger partial charge in [-0.25, -0.2) is 0 Å². The van der Waals surface area contributed by atoms with Crippen LogP contribution in [0.4, 0.5) is 17.1 Å². The van der Waals surface area contributed by atoms with Crippen LogP contribution >= 0.6 is 0 Å². The Labute approximate surface area is 373 Å². The fourth-order valence-corrected chi connectivity index (χ4v) is 17.5. The molecule has 7 aromatic carbocycles. The van der Waals surface area contributed by atoms with E-state index in [1.807, 2.05) is 0 Å². The Morgan fingerprint density at radius 1 is 0.317 bits per heavy atom. The summed E-state index contributed by atoms with van der Waals surface area (Å²) in [6.07, 6.45) is 14.1. The Hall–Kier alpha value is -5.66. The number of rotatable bonds is 5. The lowest BCUT2D eigenvalue weighted by Crippen LogP contribution is -2.55. The third-order valence-corrected chi connectivity index (χ3v) is 19.0. The molecular formula is C62H55N. The largest absolute Gasteiger partial charge is 0.310 e. The molecule has 0 heterocycles. The summed E-state index contributed by atoms with van der Waals surface area (Å²) >= 11 is 0. The van der Waals surface area contributed by atoms with Crippen molar-refractivity contribution in [3.05, 3.63) is 186 Å². The summed E-state index contributed by atoms with van der Waals surface area (Å²) in [7, 11) is 0. The van der Waals surface area contributed by atoms with Crippen LogP contribution in [0.2, 0.25) is 0 Å². The minimum absolute atomic E-state index is 0.100. The molecular weight excluding hydrogens is 759 g/mol. The summed E-state index contributed by atoms with van der Waals surface area (Å²) in [4.78, 5) is 2.72. The number of anilines is 3. The Bertz CT molecular complexity index is 2940. The Balaban J connectivity index is 0.994. The van der Waals surface area contributed by atoms with Crippen molar-refractivity contribution in [1.82, 2.24) is 0 Å². The van der Waals surface area contributed by atoms with Crippen molar-refractivity contribution in [2.45, 2.75) is 75.0 Å². The highest BCUT2D eigenvalue weighted by Gasteiger charge is 2.63. The summed E-state index contributed by atoms with van der Waals surface area (Å²) in [5, 5.41) is 0. The van der Waals surface area contributed by atoms with Gasteiger partial charge in [0, 0.05) is 27.8 Å². The van der Waals surface area contributed by atoms with Gasteiger partial charge in [-0.1, -0.05) is 133 Å². The maximum absolute atomic E-state index is 2.73. The minimum atomic E-state index is 0.100. The van der Waals surface area contributed by atoms with E-state index >= 15 is 0 Å². The van der Waals surface area contributed by atoms with Gasteiger partial charge in [0.2, 0.25) is 0 Å². The molecule has 2 spiro atoms. The number of hydrogen-bond donors (Lipinski definition) is 0. The van der Waals surface area contributed by atoms with Crippen LogP contribution in [0.3, 0.4) is 0 Å². The highest BCUT2D eigenvalue weighted by Crippen LogP contribution is 2.72. The van der Waals surface area contributed by atoms with Crippen molar-refractivity contribution in [1.29, 1.82) is 0 Å². The average molecular weight is 814 g/mol. The third kappa shape index (κ3) is 4.69. The predicted octanol–water partition coefficient (Wildman–Crippen LogP) is 15.9. The van der Waals surface area contributed by atoms with Crippen LogP contribution in [0.15, 0.2) is 164 Å². The van der Waals surface area contributed by atoms with Crippen molar-refractivity contribution in [3.8, 4) is 44.5 Å². The first-order valence-corrected chi connectivity index (χ1v) is 24.7. The van der Waals surface area contributed by atoms with Gasteiger partial charge in [-0.3, -0.25) is 0 Å². The fraction of sp³-hybridized carbons (Fsp3) is 0.323. The zero-order chi connectivity index (χ0) is 41.0. The summed E-state index contributed by atoms with van der Waals surface area (Å²) < 4.78 is 0.